The molecule has 0 aliphatic rings. The molecule has 1 aromatic carbocycles. The van der Waals surface area contributed by atoms with Gasteiger partial charge in [0.2, 0.25) is 0 Å². The van der Waals surface area contributed by atoms with Gasteiger partial charge in [-0.05, 0) is 41.1 Å². The van der Waals surface area contributed by atoms with E-state index in [9.17, 15) is 0 Å². The average Bonchev–Trinajstić information content (AvgIpc) is 2.88. The predicted octanol–water partition coefficient (Wildman–Crippen LogP) is 3.60. The molecule has 1 unspecified atom stereocenters. The zero-order valence-corrected chi connectivity index (χ0v) is 14.6. The summed E-state index contributed by atoms with van der Waals surface area (Å²) in [4.78, 5) is 0. The van der Waals surface area contributed by atoms with Crippen LogP contribution in [0.4, 0.5) is 0 Å². The second kappa shape index (κ2) is 7.24. The summed E-state index contributed by atoms with van der Waals surface area (Å²) >= 11 is 7.02. The third-order valence-electron chi connectivity index (χ3n) is 2.95. The van der Waals surface area contributed by atoms with E-state index in [-0.39, 0.29) is 0 Å². The minimum atomic E-state index is 0.317. The van der Waals surface area contributed by atoms with E-state index in [2.05, 4.69) is 55.3 Å². The maximum absolute atomic E-state index is 5.44. The lowest BCUT2D eigenvalue weighted by molar-refractivity contribution is 0.398. The first kappa shape index (κ1) is 15.5. The largest absolute Gasteiger partial charge is 0.495 e. The normalized spacial score (nSPS) is 12.4. The van der Waals surface area contributed by atoms with E-state index in [4.69, 9.17) is 4.74 Å². The summed E-state index contributed by atoms with van der Waals surface area (Å²) in [5.41, 5.74) is 1.11. The smallest absolute Gasteiger partial charge is 0.137 e. The van der Waals surface area contributed by atoms with Gasteiger partial charge in [0.25, 0.3) is 0 Å². The van der Waals surface area contributed by atoms with Gasteiger partial charge in [-0.3, -0.25) is 4.68 Å². The molecule has 1 atom stereocenters. The lowest BCUT2D eigenvalue weighted by atomic mass is 10.2. The molecule has 20 heavy (non-hydrogen) atoms. The first-order chi connectivity index (χ1) is 9.60. The van der Waals surface area contributed by atoms with Crippen LogP contribution in [0.15, 0.2) is 39.5 Å². The molecule has 0 amide bonds. The number of hydrogen-bond donors (Lipinski definition) is 1. The fourth-order valence-corrected chi connectivity index (χ4v) is 3.49. The van der Waals surface area contributed by atoms with Crippen molar-refractivity contribution >= 4 is 31.9 Å². The number of ether oxygens (including phenoxy) is 1. The molecule has 4 nitrogen and oxygen atoms in total. The highest BCUT2D eigenvalue weighted by molar-refractivity contribution is 9.11. The molecule has 1 N–H and O–H groups in total. The highest BCUT2D eigenvalue weighted by Crippen LogP contribution is 2.32. The van der Waals surface area contributed by atoms with E-state index >= 15 is 0 Å². The van der Waals surface area contributed by atoms with Crippen LogP contribution in [0.1, 0.15) is 12.5 Å². The number of rotatable bonds is 6. The Labute approximate surface area is 135 Å². The van der Waals surface area contributed by atoms with Gasteiger partial charge in [0, 0.05) is 35.0 Å². The summed E-state index contributed by atoms with van der Waals surface area (Å²) < 4.78 is 9.35. The Morgan fingerprint density at radius 1 is 1.40 bits per heavy atom. The van der Waals surface area contributed by atoms with Crippen LogP contribution in [-0.2, 0) is 13.1 Å². The molecule has 0 saturated heterocycles. The van der Waals surface area contributed by atoms with Crippen molar-refractivity contribution in [3.8, 4) is 5.75 Å². The SMILES string of the molecule is COc1c(Br)cc(Br)cc1CNC(C)Cn1cccn1. The third-order valence-corrected chi connectivity index (χ3v) is 4.00. The highest BCUT2D eigenvalue weighted by Gasteiger charge is 2.10. The third kappa shape index (κ3) is 4.07. The molecule has 1 aromatic heterocycles. The van der Waals surface area contributed by atoms with Gasteiger partial charge in [-0.15, -0.1) is 0 Å². The Morgan fingerprint density at radius 3 is 2.85 bits per heavy atom. The second-order valence-corrected chi connectivity index (χ2v) is 6.36. The minimum Gasteiger partial charge on any atom is -0.495 e. The van der Waals surface area contributed by atoms with Crippen LogP contribution in [0.2, 0.25) is 0 Å². The fraction of sp³-hybridized carbons (Fsp3) is 0.357. The summed E-state index contributed by atoms with van der Waals surface area (Å²) in [5.74, 6) is 0.868. The summed E-state index contributed by atoms with van der Waals surface area (Å²) in [6.07, 6.45) is 3.76. The van der Waals surface area contributed by atoms with E-state index in [0.29, 0.717) is 6.04 Å². The van der Waals surface area contributed by atoms with Crippen LogP contribution in [0, 0.1) is 0 Å². The molecule has 1 heterocycles. The van der Waals surface area contributed by atoms with Crippen molar-refractivity contribution in [2.45, 2.75) is 26.1 Å². The molecular weight excluding hydrogens is 386 g/mol. The molecule has 6 heteroatoms. The summed E-state index contributed by atoms with van der Waals surface area (Å²) in [5, 5.41) is 7.69. The van der Waals surface area contributed by atoms with Crippen LogP contribution >= 0.6 is 31.9 Å². The first-order valence-corrected chi connectivity index (χ1v) is 7.91. The number of halogens is 2. The number of methoxy groups -OCH3 is 1. The second-order valence-electron chi connectivity index (χ2n) is 4.59. The van der Waals surface area contributed by atoms with Crippen LogP contribution < -0.4 is 10.1 Å². The average molecular weight is 403 g/mol. The molecule has 0 spiro atoms. The van der Waals surface area contributed by atoms with Gasteiger partial charge < -0.3 is 10.1 Å². The van der Waals surface area contributed by atoms with Crippen LogP contribution in [0.5, 0.6) is 5.75 Å². The Bertz CT molecular complexity index is 558. The quantitative estimate of drug-likeness (QED) is 0.802. The molecule has 0 bridgehead atoms. The number of aromatic nitrogens is 2. The van der Waals surface area contributed by atoms with Gasteiger partial charge in [0.1, 0.15) is 5.75 Å². The van der Waals surface area contributed by atoms with Crippen molar-refractivity contribution in [1.82, 2.24) is 15.1 Å². The zero-order valence-electron chi connectivity index (χ0n) is 11.4. The van der Waals surface area contributed by atoms with Crippen molar-refractivity contribution in [2.24, 2.45) is 0 Å². The molecule has 2 rings (SSSR count). The molecule has 2 aromatic rings. The standard InChI is InChI=1S/C14H17Br2N3O/c1-10(9-19-5-3-4-18-19)17-8-11-6-12(15)7-13(16)14(11)20-2/h3-7,10,17H,8-9H2,1-2H3. The van der Waals surface area contributed by atoms with Crippen LogP contribution in [-0.4, -0.2) is 22.9 Å². The van der Waals surface area contributed by atoms with Gasteiger partial charge in [-0.25, -0.2) is 0 Å². The number of benzene rings is 1. The number of hydrogen-bond acceptors (Lipinski definition) is 3. The van der Waals surface area contributed by atoms with Crippen LogP contribution in [0.25, 0.3) is 0 Å². The molecule has 0 saturated carbocycles. The van der Waals surface area contributed by atoms with Crippen molar-refractivity contribution in [3.05, 3.63) is 45.1 Å². The highest BCUT2D eigenvalue weighted by atomic mass is 79.9. The fourth-order valence-electron chi connectivity index (χ4n) is 2.01. The molecule has 0 aliphatic heterocycles. The van der Waals surface area contributed by atoms with Gasteiger partial charge in [-0.1, -0.05) is 15.9 Å². The van der Waals surface area contributed by atoms with E-state index in [1.54, 1.807) is 13.3 Å². The molecule has 0 aliphatic carbocycles. The van der Waals surface area contributed by atoms with Gasteiger partial charge in [0.15, 0.2) is 0 Å². The van der Waals surface area contributed by atoms with E-state index in [0.717, 1.165) is 33.3 Å². The van der Waals surface area contributed by atoms with Crippen molar-refractivity contribution in [3.63, 3.8) is 0 Å². The van der Waals surface area contributed by atoms with Gasteiger partial charge in [0.05, 0.1) is 18.1 Å². The van der Waals surface area contributed by atoms with E-state index in [1.807, 2.05) is 23.0 Å². The molecule has 108 valence electrons. The summed E-state index contributed by atoms with van der Waals surface area (Å²) in [7, 11) is 1.69. The minimum absolute atomic E-state index is 0.317. The maximum atomic E-state index is 5.44. The van der Waals surface area contributed by atoms with Crippen molar-refractivity contribution in [2.75, 3.05) is 7.11 Å². The maximum Gasteiger partial charge on any atom is 0.137 e. The Kier molecular flexibility index (Phi) is 5.63. The lowest BCUT2D eigenvalue weighted by Gasteiger charge is -2.16. The van der Waals surface area contributed by atoms with Gasteiger partial charge >= 0.3 is 0 Å². The molecule has 0 fully saturated rings. The number of nitrogens with zero attached hydrogens (tertiary/aromatic N) is 2. The van der Waals surface area contributed by atoms with E-state index < -0.39 is 0 Å². The number of nitrogens with one attached hydrogen (secondary N) is 1. The monoisotopic (exact) mass is 401 g/mol. The van der Waals surface area contributed by atoms with Crippen LogP contribution in [0.3, 0.4) is 0 Å². The summed E-state index contributed by atoms with van der Waals surface area (Å²) in [6, 6.07) is 6.30. The van der Waals surface area contributed by atoms with Crippen molar-refractivity contribution < 1.29 is 4.74 Å². The molecule has 0 radical (unpaired) electrons. The summed E-state index contributed by atoms with van der Waals surface area (Å²) in [6.45, 7) is 3.72. The molecular formula is C14H17Br2N3O. The Balaban J connectivity index is 1.99. The van der Waals surface area contributed by atoms with Gasteiger partial charge in [-0.2, -0.15) is 5.10 Å². The predicted molar refractivity (Wildman–Crippen MR) is 86.9 cm³/mol. The van der Waals surface area contributed by atoms with E-state index in [1.165, 1.54) is 0 Å². The topological polar surface area (TPSA) is 39.1 Å². The Hall–Kier alpha value is -0.850. The lowest BCUT2D eigenvalue weighted by Crippen LogP contribution is -2.30. The Morgan fingerprint density at radius 2 is 2.20 bits per heavy atom. The zero-order chi connectivity index (χ0) is 14.5. The first-order valence-electron chi connectivity index (χ1n) is 6.33. The van der Waals surface area contributed by atoms with Crippen molar-refractivity contribution in [1.29, 1.82) is 0 Å².